The Morgan fingerprint density at radius 2 is 1.85 bits per heavy atom. The van der Waals surface area contributed by atoms with Gasteiger partial charge in [-0.1, -0.05) is 37.6 Å². The fourth-order valence-electron chi connectivity index (χ4n) is 1.54. The van der Waals surface area contributed by atoms with Crippen molar-refractivity contribution in [1.82, 2.24) is 5.32 Å². The number of thioether (sulfide) groups is 1. The molecule has 0 unspecified atom stereocenters. The van der Waals surface area contributed by atoms with Gasteiger partial charge in [0.15, 0.2) is 10.9 Å². The SMILES string of the molecule is CCCCCC=C(C)C(=O)CC(=O)SCCNC(C)=O. The molecule has 1 amide bonds. The summed E-state index contributed by atoms with van der Waals surface area (Å²) in [5.74, 6) is 0.295. The van der Waals surface area contributed by atoms with E-state index in [9.17, 15) is 14.4 Å². The number of hydrogen-bond acceptors (Lipinski definition) is 4. The molecule has 114 valence electrons. The normalized spacial score (nSPS) is 11.2. The molecular weight excluding hydrogens is 274 g/mol. The van der Waals surface area contributed by atoms with Gasteiger partial charge in [0.1, 0.15) is 0 Å². The van der Waals surface area contributed by atoms with E-state index in [2.05, 4.69) is 12.2 Å². The third-order valence-electron chi connectivity index (χ3n) is 2.74. The van der Waals surface area contributed by atoms with Gasteiger partial charge < -0.3 is 5.32 Å². The molecule has 0 rings (SSSR count). The van der Waals surface area contributed by atoms with Gasteiger partial charge in [0.2, 0.25) is 5.91 Å². The van der Waals surface area contributed by atoms with E-state index < -0.39 is 0 Å². The Balaban J connectivity index is 3.87. The Morgan fingerprint density at radius 1 is 1.15 bits per heavy atom. The summed E-state index contributed by atoms with van der Waals surface area (Å²) < 4.78 is 0. The van der Waals surface area contributed by atoms with Crippen molar-refractivity contribution < 1.29 is 14.4 Å². The first-order chi connectivity index (χ1) is 9.47. The number of carbonyl (C=O) groups is 3. The molecule has 0 fully saturated rings. The lowest BCUT2D eigenvalue weighted by Crippen LogP contribution is -2.23. The molecule has 0 aromatic rings. The van der Waals surface area contributed by atoms with E-state index in [0.29, 0.717) is 17.9 Å². The molecule has 0 bridgehead atoms. The van der Waals surface area contributed by atoms with Gasteiger partial charge in [-0.15, -0.1) is 0 Å². The molecule has 0 radical (unpaired) electrons. The molecular formula is C15H25NO3S. The molecule has 0 aliphatic heterocycles. The highest BCUT2D eigenvalue weighted by molar-refractivity contribution is 8.13. The molecule has 0 aromatic carbocycles. The minimum absolute atomic E-state index is 0.0547. The number of unbranched alkanes of at least 4 members (excludes halogenated alkanes) is 3. The Bertz CT molecular complexity index is 364. The molecule has 20 heavy (non-hydrogen) atoms. The van der Waals surface area contributed by atoms with Crippen LogP contribution in [0.4, 0.5) is 0 Å². The van der Waals surface area contributed by atoms with Crippen molar-refractivity contribution >= 4 is 28.6 Å². The summed E-state index contributed by atoms with van der Waals surface area (Å²) in [5.41, 5.74) is 0.678. The smallest absolute Gasteiger partial charge is 0.216 e. The van der Waals surface area contributed by atoms with E-state index in [4.69, 9.17) is 0 Å². The van der Waals surface area contributed by atoms with Crippen LogP contribution in [0.1, 0.15) is 52.9 Å². The number of nitrogens with one attached hydrogen (secondary N) is 1. The lowest BCUT2D eigenvalue weighted by molar-refractivity contribution is -0.121. The number of Topliss-reactive ketones (excluding diaryl/α,β-unsaturated/α-hetero) is 1. The van der Waals surface area contributed by atoms with Crippen LogP contribution in [0.25, 0.3) is 0 Å². The van der Waals surface area contributed by atoms with Crippen LogP contribution >= 0.6 is 11.8 Å². The van der Waals surface area contributed by atoms with Crippen LogP contribution in [0, 0.1) is 0 Å². The first-order valence-corrected chi connectivity index (χ1v) is 8.06. The van der Waals surface area contributed by atoms with Crippen LogP contribution in [-0.4, -0.2) is 29.1 Å². The summed E-state index contributed by atoms with van der Waals surface area (Å²) in [7, 11) is 0. The quantitative estimate of drug-likeness (QED) is 0.383. The number of rotatable bonds is 10. The summed E-state index contributed by atoms with van der Waals surface area (Å²) in [4.78, 5) is 34.0. The largest absolute Gasteiger partial charge is 0.356 e. The zero-order valence-electron chi connectivity index (χ0n) is 12.7. The predicted octanol–water partition coefficient (Wildman–Crippen LogP) is 2.87. The van der Waals surface area contributed by atoms with Crippen LogP contribution in [0.5, 0.6) is 0 Å². The highest BCUT2D eigenvalue weighted by Gasteiger charge is 2.11. The Hall–Kier alpha value is -1.10. The van der Waals surface area contributed by atoms with Gasteiger partial charge in [-0.2, -0.15) is 0 Å². The average Bonchev–Trinajstić information content (AvgIpc) is 2.39. The molecule has 1 N–H and O–H groups in total. The maximum absolute atomic E-state index is 11.8. The molecule has 0 atom stereocenters. The molecule has 0 saturated heterocycles. The Kier molecular flexibility index (Phi) is 11.1. The molecule has 0 saturated carbocycles. The Labute approximate surface area is 125 Å². The maximum Gasteiger partial charge on any atom is 0.216 e. The molecule has 0 aliphatic carbocycles. The van der Waals surface area contributed by atoms with Crippen LogP contribution in [0.2, 0.25) is 0 Å². The van der Waals surface area contributed by atoms with E-state index in [-0.39, 0.29) is 23.2 Å². The second-order valence-electron chi connectivity index (χ2n) is 4.69. The summed E-state index contributed by atoms with van der Waals surface area (Å²) in [6.45, 7) is 5.79. The number of ketones is 1. The van der Waals surface area contributed by atoms with Crippen molar-refractivity contribution in [2.45, 2.75) is 52.9 Å². The van der Waals surface area contributed by atoms with Crippen molar-refractivity contribution in [3.05, 3.63) is 11.6 Å². The first kappa shape index (κ1) is 18.9. The maximum atomic E-state index is 11.8. The van der Waals surface area contributed by atoms with Gasteiger partial charge in [-0.05, 0) is 25.3 Å². The highest BCUT2D eigenvalue weighted by atomic mass is 32.2. The zero-order chi connectivity index (χ0) is 15.4. The summed E-state index contributed by atoms with van der Waals surface area (Å²) in [5, 5.41) is 2.47. The molecule has 0 aromatic heterocycles. The molecule has 0 spiro atoms. The number of hydrogen-bond donors (Lipinski definition) is 1. The second-order valence-corrected chi connectivity index (χ2v) is 5.84. The van der Waals surface area contributed by atoms with Crippen molar-refractivity contribution in [1.29, 1.82) is 0 Å². The molecule has 0 heterocycles. The van der Waals surface area contributed by atoms with Crippen molar-refractivity contribution in [2.75, 3.05) is 12.3 Å². The van der Waals surface area contributed by atoms with Gasteiger partial charge in [-0.25, -0.2) is 0 Å². The minimum Gasteiger partial charge on any atom is -0.356 e. The predicted molar refractivity (Wildman–Crippen MR) is 83.7 cm³/mol. The Morgan fingerprint density at radius 3 is 2.45 bits per heavy atom. The highest BCUT2D eigenvalue weighted by Crippen LogP contribution is 2.10. The summed E-state index contributed by atoms with van der Waals surface area (Å²) in [6.07, 6.45) is 6.17. The van der Waals surface area contributed by atoms with E-state index in [1.54, 1.807) is 6.92 Å². The zero-order valence-corrected chi connectivity index (χ0v) is 13.5. The molecule has 4 nitrogen and oxygen atoms in total. The van der Waals surface area contributed by atoms with Gasteiger partial charge in [-0.3, -0.25) is 14.4 Å². The number of carbonyl (C=O) groups excluding carboxylic acids is 3. The van der Waals surface area contributed by atoms with Gasteiger partial charge in [0, 0.05) is 19.2 Å². The number of allylic oxidation sites excluding steroid dienone is 2. The van der Waals surface area contributed by atoms with Crippen molar-refractivity contribution in [3.8, 4) is 0 Å². The fraction of sp³-hybridized carbons (Fsp3) is 0.667. The lowest BCUT2D eigenvalue weighted by Gasteiger charge is -2.02. The number of amides is 1. The van der Waals surface area contributed by atoms with Gasteiger partial charge in [0.25, 0.3) is 0 Å². The van der Waals surface area contributed by atoms with Crippen molar-refractivity contribution in [3.63, 3.8) is 0 Å². The van der Waals surface area contributed by atoms with E-state index in [1.807, 2.05) is 6.08 Å². The van der Waals surface area contributed by atoms with E-state index in [1.165, 1.54) is 6.92 Å². The first-order valence-electron chi connectivity index (χ1n) is 7.07. The monoisotopic (exact) mass is 299 g/mol. The van der Waals surface area contributed by atoms with Crippen LogP contribution in [0.15, 0.2) is 11.6 Å². The second kappa shape index (κ2) is 11.7. The third-order valence-corrected chi connectivity index (χ3v) is 3.62. The summed E-state index contributed by atoms with van der Waals surface area (Å²) >= 11 is 1.09. The molecule has 5 heteroatoms. The lowest BCUT2D eigenvalue weighted by atomic mass is 10.1. The fourth-order valence-corrected chi connectivity index (χ4v) is 2.21. The topological polar surface area (TPSA) is 63.2 Å². The minimum atomic E-state index is -0.137. The van der Waals surface area contributed by atoms with E-state index >= 15 is 0 Å². The van der Waals surface area contributed by atoms with Gasteiger partial charge in [0.05, 0.1) is 6.42 Å². The average molecular weight is 299 g/mol. The van der Waals surface area contributed by atoms with Crippen LogP contribution < -0.4 is 5.32 Å². The summed E-state index contributed by atoms with van der Waals surface area (Å²) in [6, 6.07) is 0. The van der Waals surface area contributed by atoms with Crippen LogP contribution in [-0.2, 0) is 14.4 Å². The standard InChI is InChI=1S/C15H25NO3S/c1-4-5-6-7-8-12(2)14(18)11-15(19)20-10-9-16-13(3)17/h8H,4-7,9-11H2,1-3H3,(H,16,17). The third kappa shape index (κ3) is 10.8. The van der Waals surface area contributed by atoms with E-state index in [0.717, 1.165) is 37.4 Å². The van der Waals surface area contributed by atoms with Crippen LogP contribution in [0.3, 0.4) is 0 Å². The molecule has 0 aliphatic rings. The van der Waals surface area contributed by atoms with Gasteiger partial charge >= 0.3 is 0 Å². The van der Waals surface area contributed by atoms with Crippen molar-refractivity contribution in [2.24, 2.45) is 0 Å².